The lowest BCUT2D eigenvalue weighted by molar-refractivity contribution is -0.137. The summed E-state index contributed by atoms with van der Waals surface area (Å²) in [5.41, 5.74) is 1.20. The van der Waals surface area contributed by atoms with E-state index in [4.69, 9.17) is 0 Å². The highest BCUT2D eigenvalue weighted by Gasteiger charge is 2.29. The summed E-state index contributed by atoms with van der Waals surface area (Å²) in [6.45, 7) is 1.58. The van der Waals surface area contributed by atoms with Crippen molar-refractivity contribution < 1.29 is 9.59 Å². The molecule has 1 heterocycles. The second kappa shape index (κ2) is 9.02. The van der Waals surface area contributed by atoms with E-state index in [0.717, 1.165) is 45.2 Å². The Balaban J connectivity index is 1.37. The molecule has 0 bridgehead atoms. The molecule has 1 aliphatic heterocycles. The van der Waals surface area contributed by atoms with E-state index in [0.29, 0.717) is 12.3 Å². The minimum absolute atomic E-state index is 0.126. The van der Waals surface area contributed by atoms with Crippen LogP contribution in [-0.4, -0.2) is 35.8 Å². The third-order valence-electron chi connectivity index (χ3n) is 5.61. The lowest BCUT2D eigenvalue weighted by Crippen LogP contribution is -2.48. The lowest BCUT2D eigenvalue weighted by Gasteiger charge is -2.35. The maximum atomic E-state index is 12.6. The summed E-state index contributed by atoms with van der Waals surface area (Å²) in [4.78, 5) is 26.8. The molecule has 1 aromatic rings. The van der Waals surface area contributed by atoms with Crippen molar-refractivity contribution in [3.05, 3.63) is 35.9 Å². The summed E-state index contributed by atoms with van der Waals surface area (Å²) in [7, 11) is 0. The van der Waals surface area contributed by atoms with Gasteiger partial charge in [0, 0.05) is 31.5 Å². The van der Waals surface area contributed by atoms with Crippen LogP contribution in [0.5, 0.6) is 0 Å². The normalized spacial score (nSPS) is 19.6. The van der Waals surface area contributed by atoms with Gasteiger partial charge in [-0.15, -0.1) is 0 Å². The first-order valence-electron chi connectivity index (χ1n) is 9.84. The van der Waals surface area contributed by atoms with Gasteiger partial charge < -0.3 is 10.2 Å². The maximum Gasteiger partial charge on any atom is 0.225 e. The number of amides is 2. The van der Waals surface area contributed by atoms with E-state index in [-0.39, 0.29) is 17.9 Å². The molecule has 25 heavy (non-hydrogen) atoms. The molecular formula is C21H30N2O2. The van der Waals surface area contributed by atoms with Crippen molar-refractivity contribution >= 4 is 11.8 Å². The number of rotatable bonds is 5. The van der Waals surface area contributed by atoms with Gasteiger partial charge >= 0.3 is 0 Å². The topological polar surface area (TPSA) is 49.4 Å². The SMILES string of the molecule is O=C(CCc1ccccc1)NC1CCN(C(=O)C2CCCCC2)CC1. The van der Waals surface area contributed by atoms with Crippen LogP contribution in [0.2, 0.25) is 0 Å². The van der Waals surface area contributed by atoms with Crippen LogP contribution in [0.15, 0.2) is 30.3 Å². The van der Waals surface area contributed by atoms with Gasteiger partial charge in [0.05, 0.1) is 0 Å². The number of likely N-dealkylation sites (tertiary alicyclic amines) is 1. The third kappa shape index (κ3) is 5.32. The minimum atomic E-state index is 0.126. The van der Waals surface area contributed by atoms with Crippen molar-refractivity contribution in [2.24, 2.45) is 5.92 Å². The number of hydrogen-bond acceptors (Lipinski definition) is 2. The number of benzene rings is 1. The minimum Gasteiger partial charge on any atom is -0.353 e. The van der Waals surface area contributed by atoms with Gasteiger partial charge in [-0.25, -0.2) is 0 Å². The van der Waals surface area contributed by atoms with Crippen LogP contribution in [0, 0.1) is 5.92 Å². The summed E-state index contributed by atoms with van der Waals surface area (Å²) in [5, 5.41) is 3.15. The summed E-state index contributed by atoms with van der Waals surface area (Å²) >= 11 is 0. The molecule has 4 nitrogen and oxygen atoms in total. The number of carbonyl (C=O) groups is 2. The molecule has 1 aliphatic carbocycles. The smallest absolute Gasteiger partial charge is 0.225 e. The van der Waals surface area contributed by atoms with Crippen molar-refractivity contribution in [2.75, 3.05) is 13.1 Å². The molecule has 1 N–H and O–H groups in total. The Morgan fingerprint density at radius 2 is 1.64 bits per heavy atom. The standard InChI is InChI=1S/C21H30N2O2/c24-20(12-11-17-7-3-1-4-8-17)22-19-13-15-23(16-14-19)21(25)18-9-5-2-6-10-18/h1,3-4,7-8,18-19H,2,5-6,9-16H2,(H,22,24). The van der Waals surface area contributed by atoms with E-state index in [1.807, 2.05) is 23.1 Å². The Morgan fingerprint density at radius 3 is 2.32 bits per heavy atom. The van der Waals surface area contributed by atoms with Gasteiger partial charge in [-0.05, 0) is 37.7 Å². The van der Waals surface area contributed by atoms with Gasteiger partial charge in [0.2, 0.25) is 11.8 Å². The zero-order valence-electron chi connectivity index (χ0n) is 15.1. The number of aryl methyl sites for hydroxylation is 1. The van der Waals surface area contributed by atoms with Gasteiger partial charge in [0.1, 0.15) is 0 Å². The lowest BCUT2D eigenvalue weighted by atomic mass is 9.87. The highest BCUT2D eigenvalue weighted by atomic mass is 16.2. The Kier molecular flexibility index (Phi) is 6.48. The molecule has 3 rings (SSSR count). The second-order valence-electron chi connectivity index (χ2n) is 7.49. The first kappa shape index (κ1) is 18.0. The molecule has 1 saturated carbocycles. The largest absolute Gasteiger partial charge is 0.353 e. The fraction of sp³-hybridized carbons (Fsp3) is 0.619. The fourth-order valence-corrected chi connectivity index (χ4v) is 4.05. The predicted molar refractivity (Wildman–Crippen MR) is 99.1 cm³/mol. The predicted octanol–water partition coefficient (Wildman–Crippen LogP) is 3.31. The third-order valence-corrected chi connectivity index (χ3v) is 5.61. The molecule has 0 unspecified atom stereocenters. The van der Waals surface area contributed by atoms with Crippen molar-refractivity contribution in [3.63, 3.8) is 0 Å². The zero-order chi connectivity index (χ0) is 17.5. The summed E-state index contributed by atoms with van der Waals surface area (Å²) in [6.07, 6.45) is 8.89. The second-order valence-corrected chi connectivity index (χ2v) is 7.49. The number of nitrogens with zero attached hydrogens (tertiary/aromatic N) is 1. The van der Waals surface area contributed by atoms with Crippen LogP contribution in [0.3, 0.4) is 0 Å². The molecule has 2 aliphatic rings. The zero-order valence-corrected chi connectivity index (χ0v) is 15.1. The van der Waals surface area contributed by atoms with Crippen LogP contribution in [0.4, 0.5) is 0 Å². The molecule has 0 radical (unpaired) electrons. The van der Waals surface area contributed by atoms with E-state index < -0.39 is 0 Å². The van der Waals surface area contributed by atoms with Crippen LogP contribution in [0.1, 0.15) is 56.9 Å². The molecular weight excluding hydrogens is 312 g/mol. The van der Waals surface area contributed by atoms with E-state index in [9.17, 15) is 9.59 Å². The Labute approximate surface area is 151 Å². The molecule has 2 amide bonds. The number of hydrogen-bond donors (Lipinski definition) is 1. The Morgan fingerprint density at radius 1 is 0.960 bits per heavy atom. The van der Waals surface area contributed by atoms with Gasteiger partial charge in [-0.1, -0.05) is 49.6 Å². The molecule has 2 fully saturated rings. The van der Waals surface area contributed by atoms with Gasteiger partial charge in [-0.3, -0.25) is 9.59 Å². The summed E-state index contributed by atoms with van der Waals surface area (Å²) in [5.74, 6) is 0.736. The molecule has 1 aromatic carbocycles. The first-order chi connectivity index (χ1) is 12.2. The highest BCUT2D eigenvalue weighted by molar-refractivity contribution is 5.79. The molecule has 4 heteroatoms. The number of nitrogens with one attached hydrogen (secondary N) is 1. The number of carbonyl (C=O) groups excluding carboxylic acids is 2. The summed E-state index contributed by atoms with van der Waals surface area (Å²) < 4.78 is 0. The molecule has 1 saturated heterocycles. The van der Waals surface area contributed by atoms with Gasteiger partial charge in [-0.2, -0.15) is 0 Å². The van der Waals surface area contributed by atoms with Crippen LogP contribution in [0.25, 0.3) is 0 Å². The fourth-order valence-electron chi connectivity index (χ4n) is 4.05. The number of piperidine rings is 1. The van der Waals surface area contributed by atoms with Gasteiger partial charge in [0.15, 0.2) is 0 Å². The average molecular weight is 342 g/mol. The van der Waals surface area contributed by atoms with E-state index in [2.05, 4.69) is 17.4 Å². The molecule has 0 aromatic heterocycles. The van der Waals surface area contributed by atoms with Crippen molar-refractivity contribution in [2.45, 2.75) is 63.8 Å². The van der Waals surface area contributed by atoms with Crippen molar-refractivity contribution in [3.8, 4) is 0 Å². The van der Waals surface area contributed by atoms with E-state index >= 15 is 0 Å². The molecule has 0 spiro atoms. The maximum absolute atomic E-state index is 12.6. The van der Waals surface area contributed by atoms with E-state index in [1.54, 1.807) is 0 Å². The van der Waals surface area contributed by atoms with Gasteiger partial charge in [0.25, 0.3) is 0 Å². The Hall–Kier alpha value is -1.84. The quantitative estimate of drug-likeness (QED) is 0.892. The first-order valence-corrected chi connectivity index (χ1v) is 9.84. The van der Waals surface area contributed by atoms with Crippen molar-refractivity contribution in [1.29, 1.82) is 0 Å². The molecule has 0 atom stereocenters. The van der Waals surface area contributed by atoms with Crippen LogP contribution < -0.4 is 5.32 Å². The summed E-state index contributed by atoms with van der Waals surface area (Å²) in [6, 6.07) is 10.3. The van der Waals surface area contributed by atoms with Crippen molar-refractivity contribution in [1.82, 2.24) is 10.2 Å². The van der Waals surface area contributed by atoms with Crippen LogP contribution >= 0.6 is 0 Å². The molecule has 136 valence electrons. The van der Waals surface area contributed by atoms with E-state index in [1.165, 1.54) is 24.8 Å². The monoisotopic (exact) mass is 342 g/mol. The van der Waals surface area contributed by atoms with Crippen LogP contribution in [-0.2, 0) is 16.0 Å². The Bertz CT molecular complexity index is 559. The average Bonchev–Trinajstić information content (AvgIpc) is 2.68. The highest BCUT2D eigenvalue weighted by Crippen LogP contribution is 2.26.